The number of rotatable bonds is 7. The van der Waals surface area contributed by atoms with Crippen molar-refractivity contribution >= 4 is 11.6 Å². The van der Waals surface area contributed by atoms with Crippen LogP contribution >= 0.6 is 0 Å². The van der Waals surface area contributed by atoms with Gasteiger partial charge in [-0.15, -0.1) is 0 Å². The number of hydrogen-bond donors (Lipinski definition) is 1. The molecule has 96 valence electrons. The largest absolute Gasteiger partial charge is 0.385 e. The Morgan fingerprint density at radius 1 is 1.44 bits per heavy atom. The Labute approximate surface area is 106 Å². The van der Waals surface area contributed by atoms with Crippen LogP contribution < -0.4 is 5.32 Å². The summed E-state index contributed by atoms with van der Waals surface area (Å²) in [4.78, 5) is 11.5. The lowest BCUT2D eigenvalue weighted by molar-refractivity contribution is -0.120. The van der Waals surface area contributed by atoms with Gasteiger partial charge < -0.3 is 14.8 Å². The number of methoxy groups -OCH3 is 1. The van der Waals surface area contributed by atoms with Gasteiger partial charge in [0.25, 0.3) is 0 Å². The van der Waals surface area contributed by atoms with Gasteiger partial charge in [-0.1, -0.05) is 6.07 Å². The second-order valence-electron chi connectivity index (χ2n) is 3.64. The molecule has 0 aromatic heterocycles. The average molecular weight is 248 g/mol. The first-order chi connectivity index (χ1) is 8.76. The van der Waals surface area contributed by atoms with Crippen LogP contribution in [0.2, 0.25) is 0 Å². The summed E-state index contributed by atoms with van der Waals surface area (Å²) in [7, 11) is 1.62. The summed E-state index contributed by atoms with van der Waals surface area (Å²) in [5.41, 5.74) is 1.10. The Balaban J connectivity index is 2.29. The van der Waals surface area contributed by atoms with Crippen molar-refractivity contribution in [3.05, 3.63) is 29.8 Å². The molecule has 18 heavy (non-hydrogen) atoms. The van der Waals surface area contributed by atoms with Crippen molar-refractivity contribution in [3.63, 3.8) is 0 Å². The summed E-state index contributed by atoms with van der Waals surface area (Å²) in [6, 6.07) is 8.74. The lowest BCUT2D eigenvalue weighted by Gasteiger charge is -2.06. The van der Waals surface area contributed by atoms with Crippen molar-refractivity contribution in [2.75, 3.05) is 32.2 Å². The number of nitrogens with one attached hydrogen (secondary N) is 1. The molecule has 5 nitrogen and oxygen atoms in total. The highest BCUT2D eigenvalue weighted by Crippen LogP contribution is 2.09. The first kappa shape index (κ1) is 14.2. The Kier molecular flexibility index (Phi) is 6.47. The minimum Gasteiger partial charge on any atom is -0.385 e. The van der Waals surface area contributed by atoms with Gasteiger partial charge in [0.1, 0.15) is 6.61 Å². The molecule has 0 saturated heterocycles. The van der Waals surface area contributed by atoms with Crippen molar-refractivity contribution in [3.8, 4) is 6.07 Å². The summed E-state index contributed by atoms with van der Waals surface area (Å²) in [6.45, 7) is 1.10. The molecule has 0 unspecified atom stereocenters. The van der Waals surface area contributed by atoms with E-state index in [-0.39, 0.29) is 12.5 Å². The van der Waals surface area contributed by atoms with E-state index in [9.17, 15) is 4.79 Å². The topological polar surface area (TPSA) is 71.3 Å². The van der Waals surface area contributed by atoms with Gasteiger partial charge >= 0.3 is 0 Å². The summed E-state index contributed by atoms with van der Waals surface area (Å²) in [5.74, 6) is -0.234. The highest BCUT2D eigenvalue weighted by Gasteiger charge is 2.02. The van der Waals surface area contributed by atoms with Crippen molar-refractivity contribution in [2.45, 2.75) is 6.42 Å². The molecule has 0 aliphatic rings. The minimum atomic E-state index is -0.234. The van der Waals surface area contributed by atoms with Crippen LogP contribution in [0.4, 0.5) is 5.69 Å². The highest BCUT2D eigenvalue weighted by molar-refractivity contribution is 5.91. The second kappa shape index (κ2) is 8.23. The van der Waals surface area contributed by atoms with E-state index in [1.807, 2.05) is 6.07 Å². The Hall–Kier alpha value is -1.90. The molecular formula is C13H16N2O3. The number of hydrogen-bond acceptors (Lipinski definition) is 4. The molecule has 1 aromatic rings. The molecular weight excluding hydrogens is 232 g/mol. The third-order valence-electron chi connectivity index (χ3n) is 2.15. The summed E-state index contributed by atoms with van der Waals surface area (Å²) in [5, 5.41) is 11.4. The monoisotopic (exact) mass is 248 g/mol. The zero-order valence-electron chi connectivity index (χ0n) is 10.3. The number of anilines is 1. The van der Waals surface area contributed by atoms with Crippen LogP contribution in [0, 0.1) is 11.3 Å². The first-order valence-electron chi connectivity index (χ1n) is 5.63. The van der Waals surface area contributed by atoms with Gasteiger partial charge in [-0.3, -0.25) is 4.79 Å². The van der Waals surface area contributed by atoms with Gasteiger partial charge in [0.05, 0.1) is 11.6 Å². The van der Waals surface area contributed by atoms with Crippen LogP contribution in [0.15, 0.2) is 24.3 Å². The lowest BCUT2D eigenvalue weighted by Crippen LogP contribution is -2.19. The quantitative estimate of drug-likeness (QED) is 0.743. The van der Waals surface area contributed by atoms with Crippen molar-refractivity contribution in [1.82, 2.24) is 0 Å². The van der Waals surface area contributed by atoms with E-state index in [0.717, 1.165) is 6.42 Å². The first-order valence-corrected chi connectivity index (χ1v) is 5.63. The molecule has 0 aliphatic heterocycles. The van der Waals surface area contributed by atoms with Gasteiger partial charge in [-0.25, -0.2) is 0 Å². The number of nitriles is 1. The van der Waals surface area contributed by atoms with Crippen molar-refractivity contribution in [1.29, 1.82) is 5.26 Å². The fraction of sp³-hybridized carbons (Fsp3) is 0.385. The van der Waals surface area contributed by atoms with Gasteiger partial charge in [0, 0.05) is 26.0 Å². The molecule has 0 saturated carbocycles. The molecule has 0 aliphatic carbocycles. The summed E-state index contributed by atoms with van der Waals surface area (Å²) in [6.07, 6.45) is 0.758. The second-order valence-corrected chi connectivity index (χ2v) is 3.64. The fourth-order valence-corrected chi connectivity index (χ4v) is 1.33. The predicted molar refractivity (Wildman–Crippen MR) is 67.1 cm³/mol. The Bertz CT molecular complexity index is 426. The zero-order valence-corrected chi connectivity index (χ0v) is 10.3. The van der Waals surface area contributed by atoms with Gasteiger partial charge in [0.15, 0.2) is 0 Å². The fourth-order valence-electron chi connectivity index (χ4n) is 1.33. The van der Waals surface area contributed by atoms with E-state index < -0.39 is 0 Å². The van der Waals surface area contributed by atoms with E-state index in [4.69, 9.17) is 14.7 Å². The third-order valence-corrected chi connectivity index (χ3v) is 2.15. The lowest BCUT2D eigenvalue weighted by atomic mass is 10.2. The number of benzene rings is 1. The van der Waals surface area contributed by atoms with Crippen LogP contribution in [0.1, 0.15) is 12.0 Å². The number of carbonyl (C=O) groups excluding carboxylic acids is 1. The molecule has 0 radical (unpaired) electrons. The summed E-state index contributed by atoms with van der Waals surface area (Å²) >= 11 is 0. The predicted octanol–water partition coefficient (Wildman–Crippen LogP) is 1.55. The van der Waals surface area contributed by atoms with Crippen LogP contribution in [0.5, 0.6) is 0 Å². The minimum absolute atomic E-state index is 0.000492. The zero-order chi connectivity index (χ0) is 13.2. The smallest absolute Gasteiger partial charge is 0.250 e. The molecule has 1 amide bonds. The van der Waals surface area contributed by atoms with E-state index in [1.165, 1.54) is 0 Å². The SMILES string of the molecule is COCCCOCC(=O)Nc1cccc(C#N)c1. The average Bonchev–Trinajstić information content (AvgIpc) is 2.38. The van der Waals surface area contributed by atoms with Gasteiger partial charge in [-0.05, 0) is 24.6 Å². The van der Waals surface area contributed by atoms with E-state index in [0.29, 0.717) is 24.5 Å². The number of carbonyl (C=O) groups is 1. The summed E-state index contributed by atoms with van der Waals surface area (Å²) < 4.78 is 10.0. The number of ether oxygens (including phenoxy) is 2. The highest BCUT2D eigenvalue weighted by atomic mass is 16.5. The van der Waals surface area contributed by atoms with Crippen molar-refractivity contribution in [2.24, 2.45) is 0 Å². The number of amides is 1. The van der Waals surface area contributed by atoms with Gasteiger partial charge in [-0.2, -0.15) is 5.26 Å². The van der Waals surface area contributed by atoms with Crippen LogP contribution in [-0.4, -0.2) is 32.8 Å². The van der Waals surface area contributed by atoms with Gasteiger partial charge in [0.2, 0.25) is 5.91 Å². The molecule has 0 fully saturated rings. The molecule has 5 heteroatoms. The maximum absolute atomic E-state index is 11.5. The normalized spacial score (nSPS) is 9.78. The standard InChI is InChI=1S/C13H16N2O3/c1-17-6-3-7-18-10-13(16)15-12-5-2-4-11(8-12)9-14/h2,4-5,8H,3,6-7,10H2,1H3,(H,15,16). The van der Waals surface area contributed by atoms with E-state index in [1.54, 1.807) is 31.4 Å². The Morgan fingerprint density at radius 2 is 2.28 bits per heavy atom. The third kappa shape index (κ3) is 5.43. The van der Waals surface area contributed by atoms with Crippen LogP contribution in [-0.2, 0) is 14.3 Å². The number of nitrogens with zero attached hydrogens (tertiary/aromatic N) is 1. The maximum Gasteiger partial charge on any atom is 0.250 e. The molecule has 1 N–H and O–H groups in total. The molecule has 1 rings (SSSR count). The maximum atomic E-state index is 11.5. The van der Waals surface area contributed by atoms with Crippen LogP contribution in [0.3, 0.4) is 0 Å². The molecule has 0 atom stereocenters. The Morgan fingerprint density at radius 3 is 3.00 bits per heavy atom. The molecule has 0 bridgehead atoms. The molecule has 1 aromatic carbocycles. The van der Waals surface area contributed by atoms with E-state index in [2.05, 4.69) is 5.32 Å². The van der Waals surface area contributed by atoms with Crippen molar-refractivity contribution < 1.29 is 14.3 Å². The van der Waals surface area contributed by atoms with E-state index >= 15 is 0 Å². The molecule has 0 spiro atoms. The molecule has 0 heterocycles. The van der Waals surface area contributed by atoms with Crippen LogP contribution in [0.25, 0.3) is 0 Å².